The van der Waals surface area contributed by atoms with Gasteiger partial charge in [-0.2, -0.15) is 26.3 Å². The third-order valence-electron chi connectivity index (χ3n) is 3.99. The number of hydrogen-bond donors (Lipinski definition) is 1. The molecule has 2 rings (SSSR count). The summed E-state index contributed by atoms with van der Waals surface area (Å²) >= 11 is 0. The van der Waals surface area contributed by atoms with Crippen molar-refractivity contribution in [2.75, 3.05) is 26.2 Å². The van der Waals surface area contributed by atoms with Crippen LogP contribution in [0.15, 0.2) is 18.2 Å². The van der Waals surface area contributed by atoms with Gasteiger partial charge in [-0.05, 0) is 23.8 Å². The molecule has 0 saturated carbocycles. The molecule has 0 unspecified atom stereocenters. The first-order valence-electron chi connectivity index (χ1n) is 7.51. The molecule has 1 saturated heterocycles. The van der Waals surface area contributed by atoms with Crippen LogP contribution in [-0.2, 0) is 12.4 Å². The molecule has 0 aliphatic carbocycles. The normalized spacial score (nSPS) is 17.9. The van der Waals surface area contributed by atoms with Crippen molar-refractivity contribution in [2.45, 2.75) is 31.2 Å². The van der Waals surface area contributed by atoms with E-state index in [2.05, 4.69) is 5.32 Å². The SMILES string of the molecule is Cl.FC(F)C[C@@H](c1cc(C(F)(F)F)cc(C(F)(F)F)c1)N1CCNCC1. The Hall–Kier alpha value is -1.13. The van der Waals surface area contributed by atoms with Crippen molar-refractivity contribution in [1.29, 1.82) is 0 Å². The number of alkyl halides is 8. The fraction of sp³-hybridized carbons (Fsp3) is 0.600. The second-order valence-corrected chi connectivity index (χ2v) is 5.77. The molecule has 1 atom stereocenters. The summed E-state index contributed by atoms with van der Waals surface area (Å²) in [5.41, 5.74) is -3.39. The van der Waals surface area contributed by atoms with Crippen LogP contribution in [0.2, 0.25) is 0 Å². The fourth-order valence-electron chi connectivity index (χ4n) is 2.83. The maximum Gasteiger partial charge on any atom is 0.416 e. The highest BCUT2D eigenvalue weighted by molar-refractivity contribution is 5.85. The summed E-state index contributed by atoms with van der Waals surface area (Å²) in [6, 6.07) is -0.152. The number of piperazine rings is 1. The molecule has 1 N–H and O–H groups in total. The molecular weight excluding hydrogens is 396 g/mol. The minimum atomic E-state index is -5.01. The lowest BCUT2D eigenvalue weighted by molar-refractivity contribution is -0.143. The van der Waals surface area contributed by atoms with Crippen LogP contribution in [0.4, 0.5) is 35.1 Å². The standard InChI is InChI=1S/C15H16F8N2.ClH/c16-13(17)8-12(25-3-1-24-2-4-25)9-5-10(14(18,19)20)7-11(6-9)15(21,22)23;/h5-7,12-13,24H,1-4,8H2;1H/t12-;/m0./s1. The second-order valence-electron chi connectivity index (χ2n) is 5.77. The number of nitrogens with one attached hydrogen (secondary N) is 1. The number of nitrogens with zero attached hydrogens (tertiary/aromatic N) is 1. The van der Waals surface area contributed by atoms with Gasteiger partial charge < -0.3 is 5.32 Å². The van der Waals surface area contributed by atoms with Gasteiger partial charge >= 0.3 is 12.4 Å². The smallest absolute Gasteiger partial charge is 0.314 e. The van der Waals surface area contributed by atoms with E-state index in [0.717, 1.165) is 0 Å². The summed E-state index contributed by atoms with van der Waals surface area (Å²) in [7, 11) is 0. The molecular formula is C15H17ClF8N2. The third kappa shape index (κ3) is 5.95. The Bertz CT molecular complexity index is 550. The van der Waals surface area contributed by atoms with Crippen molar-refractivity contribution < 1.29 is 35.1 Å². The van der Waals surface area contributed by atoms with Gasteiger partial charge in [-0.1, -0.05) is 0 Å². The number of hydrogen-bond acceptors (Lipinski definition) is 2. The van der Waals surface area contributed by atoms with Gasteiger partial charge in [0.15, 0.2) is 0 Å². The van der Waals surface area contributed by atoms with Gasteiger partial charge in [0.25, 0.3) is 0 Å². The van der Waals surface area contributed by atoms with E-state index in [0.29, 0.717) is 25.2 Å². The molecule has 1 fully saturated rings. The van der Waals surface area contributed by atoms with E-state index < -0.39 is 47.9 Å². The Morgan fingerprint density at radius 1 is 0.885 bits per heavy atom. The quantitative estimate of drug-likeness (QED) is 0.718. The van der Waals surface area contributed by atoms with Gasteiger partial charge in [-0.3, -0.25) is 4.90 Å². The largest absolute Gasteiger partial charge is 0.416 e. The molecule has 1 heterocycles. The van der Waals surface area contributed by atoms with Crippen LogP contribution in [-0.4, -0.2) is 37.5 Å². The zero-order chi connectivity index (χ0) is 18.8. The Morgan fingerprint density at radius 3 is 1.73 bits per heavy atom. The first-order valence-corrected chi connectivity index (χ1v) is 7.51. The van der Waals surface area contributed by atoms with Gasteiger partial charge in [0.1, 0.15) is 0 Å². The molecule has 0 aromatic heterocycles. The van der Waals surface area contributed by atoms with E-state index in [1.807, 2.05) is 0 Å². The highest BCUT2D eigenvalue weighted by atomic mass is 35.5. The van der Waals surface area contributed by atoms with Gasteiger partial charge in [-0.15, -0.1) is 12.4 Å². The summed E-state index contributed by atoms with van der Waals surface area (Å²) in [6.07, 6.45) is -13.7. The van der Waals surface area contributed by atoms with E-state index in [-0.39, 0.29) is 31.6 Å². The second kappa shape index (κ2) is 8.71. The van der Waals surface area contributed by atoms with Crippen LogP contribution < -0.4 is 5.32 Å². The molecule has 0 spiro atoms. The van der Waals surface area contributed by atoms with Crippen molar-refractivity contribution in [1.82, 2.24) is 10.2 Å². The topological polar surface area (TPSA) is 15.3 Å². The average Bonchev–Trinajstić information content (AvgIpc) is 2.51. The highest BCUT2D eigenvalue weighted by Gasteiger charge is 2.38. The van der Waals surface area contributed by atoms with Crippen LogP contribution in [0.3, 0.4) is 0 Å². The van der Waals surface area contributed by atoms with Crippen LogP contribution in [0, 0.1) is 0 Å². The Labute approximate surface area is 150 Å². The predicted octanol–water partition coefficient (Wildman–Crippen LogP) is 4.75. The molecule has 0 amide bonds. The lowest BCUT2D eigenvalue weighted by Crippen LogP contribution is -2.45. The van der Waals surface area contributed by atoms with Crippen LogP contribution in [0.1, 0.15) is 29.2 Å². The van der Waals surface area contributed by atoms with Crippen molar-refractivity contribution in [3.63, 3.8) is 0 Å². The first-order chi connectivity index (χ1) is 11.5. The molecule has 1 aromatic carbocycles. The van der Waals surface area contributed by atoms with E-state index >= 15 is 0 Å². The maximum atomic E-state index is 13.0. The molecule has 11 heteroatoms. The zero-order valence-electron chi connectivity index (χ0n) is 13.3. The number of halogens is 9. The van der Waals surface area contributed by atoms with Gasteiger partial charge in [0, 0.05) is 38.6 Å². The Kier molecular flexibility index (Phi) is 7.67. The summed E-state index contributed by atoms with van der Waals surface area (Å²) in [6.45, 7) is 1.36. The number of rotatable bonds is 4. The highest BCUT2D eigenvalue weighted by Crippen LogP contribution is 2.39. The van der Waals surface area contributed by atoms with Crippen LogP contribution >= 0.6 is 12.4 Å². The summed E-state index contributed by atoms with van der Waals surface area (Å²) in [4.78, 5) is 1.48. The van der Waals surface area contributed by atoms with Crippen molar-refractivity contribution >= 4 is 12.4 Å². The molecule has 0 bridgehead atoms. The summed E-state index contributed by atoms with van der Waals surface area (Å²) in [5, 5.41) is 2.96. The van der Waals surface area contributed by atoms with E-state index in [1.165, 1.54) is 4.90 Å². The predicted molar refractivity (Wildman–Crippen MR) is 81.5 cm³/mol. The third-order valence-corrected chi connectivity index (χ3v) is 3.99. The van der Waals surface area contributed by atoms with Crippen molar-refractivity contribution in [3.05, 3.63) is 34.9 Å². The summed E-state index contributed by atoms with van der Waals surface area (Å²) < 4.78 is 104. The maximum absolute atomic E-state index is 13.0. The molecule has 150 valence electrons. The Morgan fingerprint density at radius 2 is 1.35 bits per heavy atom. The van der Waals surface area contributed by atoms with Gasteiger partial charge in [-0.25, -0.2) is 8.78 Å². The summed E-state index contributed by atoms with van der Waals surface area (Å²) in [5.74, 6) is 0. The molecule has 26 heavy (non-hydrogen) atoms. The van der Waals surface area contributed by atoms with E-state index in [1.54, 1.807) is 0 Å². The van der Waals surface area contributed by atoms with Gasteiger partial charge in [0.2, 0.25) is 6.43 Å². The molecule has 1 aliphatic rings. The van der Waals surface area contributed by atoms with Crippen molar-refractivity contribution in [3.8, 4) is 0 Å². The van der Waals surface area contributed by atoms with Crippen molar-refractivity contribution in [2.24, 2.45) is 0 Å². The first kappa shape index (κ1) is 22.9. The van der Waals surface area contributed by atoms with Crippen LogP contribution in [0.25, 0.3) is 0 Å². The van der Waals surface area contributed by atoms with E-state index in [9.17, 15) is 35.1 Å². The van der Waals surface area contributed by atoms with E-state index in [4.69, 9.17) is 0 Å². The zero-order valence-corrected chi connectivity index (χ0v) is 14.1. The molecule has 1 aromatic rings. The Balaban J connectivity index is 0.00000338. The lowest BCUT2D eigenvalue weighted by Gasteiger charge is -2.35. The lowest BCUT2D eigenvalue weighted by atomic mass is 9.96. The van der Waals surface area contributed by atoms with Gasteiger partial charge in [0.05, 0.1) is 11.1 Å². The molecule has 2 nitrogen and oxygen atoms in total. The number of benzene rings is 1. The average molecular weight is 413 g/mol. The minimum Gasteiger partial charge on any atom is -0.314 e. The molecule has 0 radical (unpaired) electrons. The minimum absolute atomic E-state index is 0. The van der Waals surface area contributed by atoms with Crippen LogP contribution in [0.5, 0.6) is 0 Å². The fourth-order valence-corrected chi connectivity index (χ4v) is 2.83. The molecule has 1 aliphatic heterocycles. The monoisotopic (exact) mass is 412 g/mol.